The van der Waals surface area contributed by atoms with Gasteiger partial charge in [0.15, 0.2) is 0 Å². The van der Waals surface area contributed by atoms with Crippen molar-refractivity contribution in [2.24, 2.45) is 10.7 Å². The Balaban J connectivity index is 1.62. The number of ether oxygens (including phenoxy) is 1. The van der Waals surface area contributed by atoms with E-state index in [0.717, 1.165) is 60.5 Å². The van der Waals surface area contributed by atoms with Gasteiger partial charge in [0.05, 0.1) is 17.6 Å². The Morgan fingerprint density at radius 2 is 2.29 bits per heavy atom. The molecule has 6 nitrogen and oxygen atoms in total. The highest BCUT2D eigenvalue weighted by molar-refractivity contribution is 6.29. The van der Waals surface area contributed by atoms with Gasteiger partial charge in [-0.05, 0) is 38.5 Å². The van der Waals surface area contributed by atoms with Crippen LogP contribution in [0.2, 0.25) is 5.15 Å². The van der Waals surface area contributed by atoms with Crippen molar-refractivity contribution in [2.45, 2.75) is 26.4 Å². The first-order chi connectivity index (χ1) is 13.4. The minimum Gasteiger partial charge on any atom is -0.493 e. The molecular weight excluding hydrogens is 374 g/mol. The fraction of sp³-hybridized carbons (Fsp3) is 0.381. The highest BCUT2D eigenvalue weighted by Crippen LogP contribution is 2.20. The van der Waals surface area contributed by atoms with Crippen LogP contribution >= 0.6 is 11.6 Å². The molecule has 2 N–H and O–H groups in total. The molecule has 2 aromatic heterocycles. The molecule has 1 fully saturated rings. The van der Waals surface area contributed by atoms with Gasteiger partial charge in [-0.2, -0.15) is 0 Å². The van der Waals surface area contributed by atoms with Gasteiger partial charge in [-0.25, -0.2) is 4.98 Å². The average Bonchev–Trinajstić information content (AvgIpc) is 2.63. The van der Waals surface area contributed by atoms with Crippen LogP contribution < -0.4 is 5.73 Å². The van der Waals surface area contributed by atoms with Gasteiger partial charge in [0.25, 0.3) is 0 Å². The molecule has 7 heteroatoms. The average molecular weight is 400 g/mol. The van der Waals surface area contributed by atoms with E-state index >= 15 is 0 Å². The molecule has 0 unspecified atom stereocenters. The van der Waals surface area contributed by atoms with Crippen LogP contribution in [0.1, 0.15) is 25.8 Å². The Bertz CT molecular complexity index is 920. The van der Waals surface area contributed by atoms with Crippen molar-refractivity contribution in [3.8, 4) is 0 Å². The van der Waals surface area contributed by atoms with Crippen LogP contribution in [0.4, 0.5) is 0 Å². The number of hydrogen-bond donors (Lipinski definition) is 1. The molecule has 148 valence electrons. The molecule has 1 saturated heterocycles. The largest absolute Gasteiger partial charge is 0.493 e. The van der Waals surface area contributed by atoms with E-state index in [-0.39, 0.29) is 6.10 Å². The van der Waals surface area contributed by atoms with Crippen LogP contribution in [0.15, 0.2) is 47.4 Å². The van der Waals surface area contributed by atoms with Crippen molar-refractivity contribution >= 4 is 34.4 Å². The molecule has 1 aliphatic heterocycles. The van der Waals surface area contributed by atoms with Crippen molar-refractivity contribution in [1.82, 2.24) is 14.9 Å². The summed E-state index contributed by atoms with van der Waals surface area (Å²) < 4.78 is 5.58. The highest BCUT2D eigenvalue weighted by Gasteiger charge is 2.18. The minimum absolute atomic E-state index is 0.196. The lowest BCUT2D eigenvalue weighted by Crippen LogP contribution is -2.40. The second-order valence-corrected chi connectivity index (χ2v) is 7.47. The molecule has 3 heterocycles. The number of halogens is 1. The SMILES string of the molecule is C=C1CN(CCCN=CC(=C(C)N)c2cnc3ccc(Cl)nc3c2)C[C@H](C)O1. The van der Waals surface area contributed by atoms with E-state index in [1.165, 1.54) is 0 Å². The third-order valence-electron chi connectivity index (χ3n) is 4.50. The van der Waals surface area contributed by atoms with Crippen LogP contribution in [-0.2, 0) is 4.74 Å². The van der Waals surface area contributed by atoms with Crippen LogP contribution in [0.25, 0.3) is 16.6 Å². The first-order valence-electron chi connectivity index (χ1n) is 9.38. The van der Waals surface area contributed by atoms with E-state index in [2.05, 4.69) is 33.4 Å². The summed E-state index contributed by atoms with van der Waals surface area (Å²) in [6.07, 6.45) is 4.77. The number of allylic oxidation sites excluding steroid dienone is 2. The standard InChI is InChI=1S/C21H26ClN5O/c1-14-12-27(13-15(2)28-14)8-4-7-24-11-18(16(3)23)17-9-20-19(25-10-17)5-6-21(22)26-20/h5-6,9-11,15H,1,4,7-8,12-13,23H2,2-3H3/t15-/m0/s1. The second kappa shape index (κ2) is 9.17. The van der Waals surface area contributed by atoms with E-state index < -0.39 is 0 Å². The lowest BCUT2D eigenvalue weighted by atomic mass is 10.1. The van der Waals surface area contributed by atoms with Crippen molar-refractivity contribution < 1.29 is 4.74 Å². The summed E-state index contributed by atoms with van der Waals surface area (Å²) in [5.41, 5.74) is 10.0. The highest BCUT2D eigenvalue weighted by atomic mass is 35.5. The number of rotatable bonds is 6. The van der Waals surface area contributed by atoms with Crippen molar-refractivity contribution in [3.63, 3.8) is 0 Å². The first-order valence-corrected chi connectivity index (χ1v) is 9.76. The Labute approximate surface area is 170 Å². The van der Waals surface area contributed by atoms with E-state index in [9.17, 15) is 0 Å². The van der Waals surface area contributed by atoms with Gasteiger partial charge in [0, 0.05) is 48.9 Å². The Kier molecular flexibility index (Phi) is 6.65. The fourth-order valence-corrected chi connectivity index (χ4v) is 3.44. The molecule has 0 aromatic carbocycles. The zero-order chi connectivity index (χ0) is 20.1. The molecule has 0 saturated carbocycles. The quantitative estimate of drug-likeness (QED) is 0.455. The van der Waals surface area contributed by atoms with E-state index in [4.69, 9.17) is 22.1 Å². The smallest absolute Gasteiger partial charge is 0.129 e. The van der Waals surface area contributed by atoms with E-state index in [0.29, 0.717) is 10.9 Å². The first kappa shape index (κ1) is 20.3. The van der Waals surface area contributed by atoms with Gasteiger partial charge in [-0.3, -0.25) is 14.9 Å². The summed E-state index contributed by atoms with van der Waals surface area (Å²) in [5, 5.41) is 0.440. The molecular formula is C21H26ClN5O. The minimum atomic E-state index is 0.196. The maximum atomic E-state index is 6.09. The van der Waals surface area contributed by atoms with E-state index in [1.807, 2.05) is 25.3 Å². The van der Waals surface area contributed by atoms with Crippen LogP contribution in [0, 0.1) is 0 Å². The van der Waals surface area contributed by atoms with Crippen LogP contribution in [0.3, 0.4) is 0 Å². The predicted molar refractivity (Wildman–Crippen MR) is 115 cm³/mol. The van der Waals surface area contributed by atoms with E-state index in [1.54, 1.807) is 12.3 Å². The predicted octanol–water partition coefficient (Wildman–Crippen LogP) is 3.67. The lowest BCUT2D eigenvalue weighted by Gasteiger charge is -2.32. The third kappa shape index (κ3) is 5.30. The van der Waals surface area contributed by atoms with Gasteiger partial charge in [0.1, 0.15) is 17.0 Å². The molecule has 0 amide bonds. The molecule has 0 aliphatic carbocycles. The van der Waals surface area contributed by atoms with Crippen molar-refractivity contribution in [2.75, 3.05) is 26.2 Å². The molecule has 2 aromatic rings. The summed E-state index contributed by atoms with van der Waals surface area (Å²) in [5.74, 6) is 0.837. The molecule has 0 radical (unpaired) electrons. The summed E-state index contributed by atoms with van der Waals surface area (Å²) in [6.45, 7) is 11.3. The third-order valence-corrected chi connectivity index (χ3v) is 4.71. The van der Waals surface area contributed by atoms with Gasteiger partial charge in [-0.1, -0.05) is 18.2 Å². The van der Waals surface area contributed by atoms with Gasteiger partial charge < -0.3 is 10.5 Å². The topological polar surface area (TPSA) is 76.6 Å². The molecule has 0 bridgehead atoms. The van der Waals surface area contributed by atoms with Crippen molar-refractivity contribution in [3.05, 3.63) is 53.1 Å². The maximum absolute atomic E-state index is 6.09. The van der Waals surface area contributed by atoms with Crippen LogP contribution in [0.5, 0.6) is 0 Å². The maximum Gasteiger partial charge on any atom is 0.129 e. The number of aromatic nitrogens is 2. The van der Waals surface area contributed by atoms with Crippen LogP contribution in [-0.4, -0.2) is 53.4 Å². The monoisotopic (exact) mass is 399 g/mol. The summed E-state index contributed by atoms with van der Waals surface area (Å²) >= 11 is 5.99. The van der Waals surface area contributed by atoms with Crippen molar-refractivity contribution in [1.29, 1.82) is 0 Å². The summed E-state index contributed by atoms with van der Waals surface area (Å²) in [6, 6.07) is 5.52. The molecule has 28 heavy (non-hydrogen) atoms. The fourth-order valence-electron chi connectivity index (χ4n) is 3.28. The summed E-state index contributed by atoms with van der Waals surface area (Å²) in [7, 11) is 0. The Morgan fingerprint density at radius 1 is 1.46 bits per heavy atom. The number of aliphatic imine (C=N–C) groups is 1. The van der Waals surface area contributed by atoms with Gasteiger partial charge in [-0.15, -0.1) is 0 Å². The Morgan fingerprint density at radius 3 is 3.04 bits per heavy atom. The van der Waals surface area contributed by atoms with Gasteiger partial charge >= 0.3 is 0 Å². The molecule has 1 aliphatic rings. The number of nitrogens with zero attached hydrogens (tertiary/aromatic N) is 4. The molecule has 1 atom stereocenters. The number of pyridine rings is 2. The zero-order valence-electron chi connectivity index (χ0n) is 16.4. The number of hydrogen-bond acceptors (Lipinski definition) is 6. The number of fused-ring (bicyclic) bond motifs is 1. The summed E-state index contributed by atoms with van der Waals surface area (Å²) in [4.78, 5) is 15.7. The zero-order valence-corrected chi connectivity index (χ0v) is 17.1. The second-order valence-electron chi connectivity index (χ2n) is 7.08. The van der Waals surface area contributed by atoms with Gasteiger partial charge in [0.2, 0.25) is 0 Å². The molecule has 3 rings (SSSR count). The number of morpholine rings is 1. The lowest BCUT2D eigenvalue weighted by molar-refractivity contribution is 0.0342. The Hall–Kier alpha value is -2.44. The normalized spacial score (nSPS) is 19.1. The number of nitrogens with two attached hydrogens (primary N) is 1. The molecule has 0 spiro atoms.